The van der Waals surface area contributed by atoms with Gasteiger partial charge in [-0.1, -0.05) is 23.7 Å². The molecule has 0 unspecified atom stereocenters. The van der Waals surface area contributed by atoms with E-state index in [-0.39, 0.29) is 5.69 Å². The fourth-order valence-electron chi connectivity index (χ4n) is 1.28. The Balaban J connectivity index is 2.58. The van der Waals surface area contributed by atoms with Crippen molar-refractivity contribution in [2.45, 2.75) is 4.90 Å². The van der Waals surface area contributed by atoms with Crippen LogP contribution < -0.4 is 0 Å². The number of H-pyrrole nitrogens is 1. The number of hydrogen-bond acceptors (Lipinski definition) is 3. The molecule has 1 aromatic carbocycles. The summed E-state index contributed by atoms with van der Waals surface area (Å²) in [4.78, 5) is -0.477. The molecule has 0 aliphatic carbocycles. The van der Waals surface area contributed by atoms with Crippen molar-refractivity contribution in [3.8, 4) is 11.3 Å². The first-order valence-corrected chi connectivity index (χ1v) is 5.98. The number of aromatic nitrogens is 2. The molecule has 0 spiro atoms. The zero-order chi connectivity index (χ0) is 11.8. The zero-order valence-electron chi connectivity index (χ0n) is 7.81. The highest BCUT2D eigenvalue weighted by molar-refractivity contribution is 7.86. The molecule has 2 rings (SSSR count). The molecule has 16 heavy (non-hydrogen) atoms. The summed E-state index contributed by atoms with van der Waals surface area (Å²) >= 11 is 5.68. The predicted molar refractivity (Wildman–Crippen MR) is 57.3 cm³/mol. The van der Waals surface area contributed by atoms with Crippen LogP contribution in [0.3, 0.4) is 0 Å². The third kappa shape index (κ3) is 2.07. The van der Waals surface area contributed by atoms with Crippen LogP contribution in [0.2, 0.25) is 5.02 Å². The van der Waals surface area contributed by atoms with Gasteiger partial charge in [0.15, 0.2) is 0 Å². The van der Waals surface area contributed by atoms with Gasteiger partial charge in [0.1, 0.15) is 4.90 Å². The highest BCUT2D eigenvalue weighted by atomic mass is 35.5. The fourth-order valence-corrected chi connectivity index (χ4v) is 2.00. The van der Waals surface area contributed by atoms with Crippen molar-refractivity contribution >= 4 is 21.8 Å². The Bertz CT molecular complexity index is 607. The van der Waals surface area contributed by atoms with E-state index in [9.17, 15) is 12.3 Å². The van der Waals surface area contributed by atoms with E-state index in [1.165, 1.54) is 0 Å². The maximum Gasteiger partial charge on any atom is 0.335 e. The smallest absolute Gasteiger partial charge is 0.276 e. The van der Waals surface area contributed by atoms with Gasteiger partial charge in [0.25, 0.3) is 0 Å². The molecule has 1 heterocycles. The fraction of sp³-hybridized carbons (Fsp3) is 0. The second-order valence-corrected chi connectivity index (χ2v) is 4.81. The summed E-state index contributed by atoms with van der Waals surface area (Å²) in [6, 6.07) is 6.30. The van der Waals surface area contributed by atoms with Gasteiger partial charge < -0.3 is 0 Å². The average molecular weight is 261 g/mol. The van der Waals surface area contributed by atoms with Gasteiger partial charge in [0.2, 0.25) is 0 Å². The van der Waals surface area contributed by atoms with Crippen molar-refractivity contribution in [3.63, 3.8) is 0 Å². The summed E-state index contributed by atoms with van der Waals surface area (Å²) in [7, 11) is -4.78. The minimum atomic E-state index is -4.78. The monoisotopic (exact) mass is 260 g/mol. The minimum Gasteiger partial charge on any atom is -0.276 e. The quantitative estimate of drug-likeness (QED) is 0.844. The predicted octanol–water partition coefficient (Wildman–Crippen LogP) is 2.39. The number of halogens is 2. The molecule has 0 saturated heterocycles. The van der Waals surface area contributed by atoms with Crippen molar-refractivity contribution < 1.29 is 12.3 Å². The number of benzene rings is 1. The number of nitrogens with zero attached hydrogens (tertiary/aromatic N) is 1. The first-order chi connectivity index (χ1) is 7.48. The van der Waals surface area contributed by atoms with E-state index >= 15 is 0 Å². The van der Waals surface area contributed by atoms with Crippen molar-refractivity contribution in [1.82, 2.24) is 10.2 Å². The number of aromatic amines is 1. The summed E-state index contributed by atoms with van der Waals surface area (Å²) in [6.07, 6.45) is 0.930. The van der Waals surface area contributed by atoms with Gasteiger partial charge in [0.05, 0.1) is 11.9 Å². The molecule has 1 N–H and O–H groups in total. The molecule has 0 atom stereocenters. The van der Waals surface area contributed by atoms with E-state index in [4.69, 9.17) is 11.6 Å². The number of nitrogens with one attached hydrogen (secondary N) is 1. The summed E-state index contributed by atoms with van der Waals surface area (Å²) < 4.78 is 34.5. The van der Waals surface area contributed by atoms with E-state index in [0.29, 0.717) is 10.6 Å². The lowest BCUT2D eigenvalue weighted by atomic mass is 10.2. The molecular formula is C9H6ClFN2O2S. The molecule has 0 bridgehead atoms. The molecule has 0 aliphatic heterocycles. The Kier molecular flexibility index (Phi) is 2.69. The van der Waals surface area contributed by atoms with Crippen molar-refractivity contribution in [2.24, 2.45) is 0 Å². The van der Waals surface area contributed by atoms with Gasteiger partial charge in [-0.25, -0.2) is 0 Å². The maximum atomic E-state index is 12.9. The Morgan fingerprint density at radius 3 is 2.44 bits per heavy atom. The van der Waals surface area contributed by atoms with E-state index in [1.54, 1.807) is 24.3 Å². The Labute approximate surface area is 96.3 Å². The molecule has 0 aliphatic rings. The van der Waals surface area contributed by atoms with Crippen LogP contribution in [0, 0.1) is 0 Å². The van der Waals surface area contributed by atoms with Crippen LogP contribution in [-0.4, -0.2) is 18.6 Å². The standard InChI is InChI=1S/C9H6ClFN2O2S/c10-7-3-1-6(2-4-7)9-8(5-12-13-9)16(11,14)15/h1-5H,(H,12,13). The molecule has 1 aromatic heterocycles. The normalized spacial score (nSPS) is 11.6. The summed E-state index contributed by atoms with van der Waals surface area (Å²) in [5, 5.41) is 6.45. The van der Waals surface area contributed by atoms with Crippen molar-refractivity contribution in [3.05, 3.63) is 35.5 Å². The van der Waals surface area contributed by atoms with Gasteiger partial charge in [-0.2, -0.15) is 13.5 Å². The lowest BCUT2D eigenvalue weighted by Crippen LogP contribution is -1.92. The van der Waals surface area contributed by atoms with Crippen LogP contribution >= 0.6 is 11.6 Å². The first-order valence-electron chi connectivity index (χ1n) is 4.22. The Morgan fingerprint density at radius 1 is 1.25 bits per heavy atom. The van der Waals surface area contributed by atoms with Crippen molar-refractivity contribution in [2.75, 3.05) is 0 Å². The third-order valence-corrected chi connectivity index (χ3v) is 3.09. The van der Waals surface area contributed by atoms with Gasteiger partial charge in [0, 0.05) is 10.6 Å². The molecule has 0 amide bonds. The lowest BCUT2D eigenvalue weighted by molar-refractivity contribution is 0.552. The second-order valence-electron chi connectivity index (χ2n) is 3.05. The lowest BCUT2D eigenvalue weighted by Gasteiger charge is -1.99. The highest BCUT2D eigenvalue weighted by Gasteiger charge is 2.20. The van der Waals surface area contributed by atoms with Crippen LogP contribution in [0.5, 0.6) is 0 Å². The molecule has 2 aromatic rings. The molecule has 0 saturated carbocycles. The largest absolute Gasteiger partial charge is 0.335 e. The second kappa shape index (κ2) is 3.88. The van der Waals surface area contributed by atoms with E-state index in [2.05, 4.69) is 10.2 Å². The minimum absolute atomic E-state index is 0.110. The van der Waals surface area contributed by atoms with E-state index < -0.39 is 15.1 Å². The Morgan fingerprint density at radius 2 is 1.88 bits per heavy atom. The molecule has 0 radical (unpaired) electrons. The molecular weight excluding hydrogens is 255 g/mol. The van der Waals surface area contributed by atoms with Crippen LogP contribution in [-0.2, 0) is 10.2 Å². The molecule has 0 fully saturated rings. The van der Waals surface area contributed by atoms with Gasteiger partial charge in [-0.05, 0) is 12.1 Å². The molecule has 84 valence electrons. The summed E-state index contributed by atoms with van der Waals surface area (Å²) in [6.45, 7) is 0. The van der Waals surface area contributed by atoms with Gasteiger partial charge in [-0.3, -0.25) is 5.10 Å². The Hall–Kier alpha value is -1.40. The zero-order valence-corrected chi connectivity index (χ0v) is 9.39. The number of rotatable bonds is 2. The molecule has 7 heteroatoms. The summed E-state index contributed by atoms with van der Waals surface area (Å²) in [5.74, 6) is 0. The summed E-state index contributed by atoms with van der Waals surface area (Å²) in [5.41, 5.74) is 0.609. The first kappa shape index (κ1) is 11.1. The van der Waals surface area contributed by atoms with Crippen LogP contribution in [0.4, 0.5) is 3.89 Å². The van der Waals surface area contributed by atoms with Gasteiger partial charge >= 0.3 is 10.2 Å². The average Bonchev–Trinajstić information content (AvgIpc) is 2.66. The highest BCUT2D eigenvalue weighted by Crippen LogP contribution is 2.26. The molecule has 4 nitrogen and oxygen atoms in total. The van der Waals surface area contributed by atoms with E-state index in [0.717, 1.165) is 6.20 Å². The van der Waals surface area contributed by atoms with Crippen LogP contribution in [0.25, 0.3) is 11.3 Å². The topological polar surface area (TPSA) is 62.8 Å². The van der Waals surface area contributed by atoms with Gasteiger partial charge in [-0.15, -0.1) is 3.89 Å². The van der Waals surface area contributed by atoms with Crippen LogP contribution in [0.1, 0.15) is 0 Å². The maximum absolute atomic E-state index is 12.9. The van der Waals surface area contributed by atoms with Crippen molar-refractivity contribution in [1.29, 1.82) is 0 Å². The van der Waals surface area contributed by atoms with Crippen LogP contribution in [0.15, 0.2) is 35.4 Å². The van der Waals surface area contributed by atoms with E-state index in [1.807, 2.05) is 0 Å². The SMILES string of the molecule is O=S(=O)(F)c1cn[nH]c1-c1ccc(Cl)cc1. The third-order valence-electron chi connectivity index (χ3n) is 2.00. The number of hydrogen-bond donors (Lipinski definition) is 1.